The molecular formula is C8H15NOS2Zn. The van der Waals surface area contributed by atoms with Crippen molar-refractivity contribution in [3.63, 3.8) is 0 Å². The number of rotatable bonds is 7. The molecule has 5 heteroatoms. The van der Waals surface area contributed by atoms with Gasteiger partial charge in [-0.05, 0) is 6.42 Å². The molecule has 72 valence electrons. The average Bonchev–Trinajstić information content (AvgIpc) is 1.98. The zero-order chi connectivity index (χ0) is 9.40. The van der Waals surface area contributed by atoms with Crippen molar-refractivity contribution in [1.29, 1.82) is 0 Å². The van der Waals surface area contributed by atoms with Gasteiger partial charge in [0.1, 0.15) is 0 Å². The second-order valence-corrected chi connectivity index (χ2v) is 3.90. The maximum atomic E-state index is 10.3. The van der Waals surface area contributed by atoms with Crippen LogP contribution in [0.2, 0.25) is 0 Å². The maximum absolute atomic E-state index is 10.3. The van der Waals surface area contributed by atoms with E-state index in [0.29, 0.717) is 6.42 Å². The molecule has 0 bridgehead atoms. The fourth-order valence-corrected chi connectivity index (χ4v) is 1.67. The summed E-state index contributed by atoms with van der Waals surface area (Å²) >= 11 is 9.94. The molecule has 0 aliphatic rings. The normalized spacial score (nSPS) is 11.8. The molecule has 0 radical (unpaired) electrons. The number of carbonyl (C=O) groups excluding carboxylic acids is 1. The molecule has 0 aliphatic heterocycles. The smallest absolute Gasteiger partial charge is 0.793 e. The molecule has 0 aromatic rings. The second kappa shape index (κ2) is 10.9. The number of unbranched alkanes of at least 4 members (excludes halogenated alkanes) is 1. The van der Waals surface area contributed by atoms with Gasteiger partial charge in [0, 0.05) is 6.42 Å². The van der Waals surface area contributed by atoms with E-state index in [1.54, 1.807) is 0 Å². The zero-order valence-corrected chi connectivity index (χ0v) is 12.4. The van der Waals surface area contributed by atoms with Crippen molar-refractivity contribution >= 4 is 31.2 Å². The fraction of sp³-hybridized carbons (Fsp3) is 0.875. The Balaban J connectivity index is 0. The molecule has 0 aromatic carbocycles. The summed E-state index contributed by atoms with van der Waals surface area (Å²) in [5.74, 6) is 0.517. The van der Waals surface area contributed by atoms with Gasteiger partial charge in [-0.2, -0.15) is 11.0 Å². The van der Waals surface area contributed by atoms with Crippen LogP contribution in [0.25, 0.3) is 0 Å². The number of amides is 1. The Morgan fingerprint density at radius 3 is 2.38 bits per heavy atom. The van der Waals surface area contributed by atoms with Gasteiger partial charge in [-0.25, -0.2) is 0 Å². The summed E-state index contributed by atoms with van der Waals surface area (Å²) in [6.45, 7) is 0. The largest absolute Gasteiger partial charge is 2.00 e. The predicted molar refractivity (Wildman–Crippen MR) is 55.7 cm³/mol. The summed E-state index contributed by atoms with van der Waals surface area (Å²) in [6.07, 6.45) is 4.25. The SMILES string of the molecule is NC(=O)CCCCC([S-])CC[S-].[Zn+2]. The third kappa shape index (κ3) is 12.8. The number of primary amides is 1. The van der Waals surface area contributed by atoms with E-state index in [9.17, 15) is 4.79 Å². The first kappa shape index (κ1) is 16.2. The molecule has 2 N–H and O–H groups in total. The molecule has 0 aliphatic carbocycles. The number of carbonyl (C=O) groups is 1. The molecule has 0 heterocycles. The summed E-state index contributed by atoms with van der Waals surface area (Å²) in [4.78, 5) is 10.3. The Morgan fingerprint density at radius 2 is 1.92 bits per heavy atom. The van der Waals surface area contributed by atoms with E-state index in [0.717, 1.165) is 31.4 Å². The van der Waals surface area contributed by atoms with E-state index in [1.807, 2.05) is 0 Å². The van der Waals surface area contributed by atoms with Gasteiger partial charge < -0.3 is 31.0 Å². The van der Waals surface area contributed by atoms with Gasteiger partial charge in [0.25, 0.3) is 0 Å². The monoisotopic (exact) mass is 269 g/mol. The van der Waals surface area contributed by atoms with Crippen molar-refractivity contribution < 1.29 is 24.3 Å². The standard InChI is InChI=1S/C8H17NOS2.Zn/c9-8(10)4-2-1-3-7(12)5-6-11;/h7,11-12H,1-6H2,(H2,9,10);/q;+2/p-2. The van der Waals surface area contributed by atoms with Gasteiger partial charge in [-0.1, -0.05) is 19.3 Å². The van der Waals surface area contributed by atoms with Crippen molar-refractivity contribution in [2.45, 2.75) is 37.4 Å². The minimum Gasteiger partial charge on any atom is -0.793 e. The molecule has 0 saturated heterocycles. The molecule has 0 rings (SSSR count). The van der Waals surface area contributed by atoms with E-state index in [2.05, 4.69) is 0 Å². The van der Waals surface area contributed by atoms with Crippen molar-refractivity contribution in [2.24, 2.45) is 5.73 Å². The summed E-state index contributed by atoms with van der Waals surface area (Å²) in [5.41, 5.74) is 4.99. The van der Waals surface area contributed by atoms with Gasteiger partial charge in [-0.15, -0.1) is 0 Å². The van der Waals surface area contributed by atoms with Crippen LogP contribution in [0.15, 0.2) is 0 Å². The van der Waals surface area contributed by atoms with Crippen molar-refractivity contribution in [2.75, 3.05) is 5.75 Å². The van der Waals surface area contributed by atoms with Crippen molar-refractivity contribution in [1.82, 2.24) is 0 Å². The zero-order valence-electron chi connectivity index (χ0n) is 7.83. The van der Waals surface area contributed by atoms with Crippen LogP contribution >= 0.6 is 0 Å². The molecule has 0 spiro atoms. The summed E-state index contributed by atoms with van der Waals surface area (Å²) in [5, 5.41) is 0.287. The Bertz CT molecular complexity index is 135. The molecule has 0 aromatic heterocycles. The molecule has 1 atom stereocenters. The molecular weight excluding hydrogens is 256 g/mol. The molecule has 2 nitrogen and oxygen atoms in total. The van der Waals surface area contributed by atoms with Crippen molar-refractivity contribution in [3.8, 4) is 0 Å². The summed E-state index contributed by atoms with van der Waals surface area (Å²) < 4.78 is 0. The minimum atomic E-state index is -0.223. The van der Waals surface area contributed by atoms with Crippen LogP contribution < -0.4 is 5.73 Å². The van der Waals surface area contributed by atoms with E-state index >= 15 is 0 Å². The minimum absolute atomic E-state index is 0. The van der Waals surface area contributed by atoms with E-state index in [4.69, 9.17) is 31.0 Å². The summed E-state index contributed by atoms with van der Waals surface area (Å²) in [6, 6.07) is 0. The van der Waals surface area contributed by atoms with Crippen LogP contribution in [-0.4, -0.2) is 16.9 Å². The molecule has 13 heavy (non-hydrogen) atoms. The first-order valence-corrected chi connectivity index (χ1v) is 5.24. The second-order valence-electron chi connectivity index (χ2n) is 2.83. The molecule has 1 unspecified atom stereocenters. The summed E-state index contributed by atoms with van der Waals surface area (Å²) in [7, 11) is 0. The fourth-order valence-electron chi connectivity index (χ4n) is 0.947. The number of hydrogen-bond acceptors (Lipinski definition) is 3. The molecule has 1 amide bonds. The quantitative estimate of drug-likeness (QED) is 0.424. The Labute approximate surface area is 104 Å². The average molecular weight is 271 g/mol. The van der Waals surface area contributed by atoms with E-state index < -0.39 is 0 Å². The van der Waals surface area contributed by atoms with Gasteiger partial charge in [-0.3, -0.25) is 4.79 Å². The van der Waals surface area contributed by atoms with Crippen LogP contribution in [0.3, 0.4) is 0 Å². The van der Waals surface area contributed by atoms with Crippen LogP contribution in [-0.2, 0) is 49.5 Å². The first-order valence-electron chi connectivity index (χ1n) is 4.19. The van der Waals surface area contributed by atoms with Crippen LogP contribution in [0, 0.1) is 0 Å². The third-order valence-electron chi connectivity index (χ3n) is 1.64. The number of hydrogen-bond donors (Lipinski definition) is 1. The molecule has 0 fully saturated rings. The van der Waals surface area contributed by atoms with Crippen LogP contribution in [0.5, 0.6) is 0 Å². The van der Waals surface area contributed by atoms with Gasteiger partial charge >= 0.3 is 19.5 Å². The topological polar surface area (TPSA) is 43.1 Å². The van der Waals surface area contributed by atoms with E-state index in [1.165, 1.54) is 0 Å². The van der Waals surface area contributed by atoms with Gasteiger partial charge in [0.15, 0.2) is 0 Å². The van der Waals surface area contributed by atoms with Crippen molar-refractivity contribution in [3.05, 3.63) is 0 Å². The predicted octanol–water partition coefficient (Wildman–Crippen LogP) is 0.882. The Morgan fingerprint density at radius 1 is 1.31 bits per heavy atom. The van der Waals surface area contributed by atoms with Gasteiger partial charge in [0.05, 0.1) is 0 Å². The Hall–Kier alpha value is 0.793. The Kier molecular flexibility index (Phi) is 13.6. The number of nitrogens with two attached hydrogens (primary N) is 1. The first-order chi connectivity index (χ1) is 5.66. The molecule has 0 saturated carbocycles. The van der Waals surface area contributed by atoms with E-state index in [-0.39, 0.29) is 30.6 Å². The van der Waals surface area contributed by atoms with Gasteiger partial charge in [0.2, 0.25) is 5.91 Å². The van der Waals surface area contributed by atoms with Crippen LogP contribution in [0.1, 0.15) is 32.1 Å². The maximum Gasteiger partial charge on any atom is 2.00 e. The van der Waals surface area contributed by atoms with Crippen LogP contribution in [0.4, 0.5) is 0 Å². The third-order valence-corrected chi connectivity index (χ3v) is 2.35.